The standard InChI is InChI=1S/2C7H12O3.2C3H8O.Zr/c2*1-3-4-6(5(2)8)7(9)10;2*1-2-3-4;/h2*6H,3-4H2,1-2H3,(H,9,10);2*4H,2-3H2,1H3;/q;;;;+2/p-2. The van der Waals surface area contributed by atoms with Crippen molar-refractivity contribution in [1.82, 2.24) is 0 Å². The Kier molecular flexibility index (Phi) is 39.0. The summed E-state index contributed by atoms with van der Waals surface area (Å²) in [5.41, 5.74) is 0. The third-order valence-electron chi connectivity index (χ3n) is 3.15. The van der Waals surface area contributed by atoms with Gasteiger partial charge >= 0.3 is 26.2 Å². The van der Waals surface area contributed by atoms with Crippen molar-refractivity contribution in [1.29, 1.82) is 0 Å². The number of ketones is 2. The average molecular weight is 498 g/mol. The van der Waals surface area contributed by atoms with E-state index in [1.165, 1.54) is 13.8 Å². The molecule has 29 heavy (non-hydrogen) atoms. The molecule has 9 heteroatoms. The summed E-state index contributed by atoms with van der Waals surface area (Å²) in [5, 5.41) is 36.1. The van der Waals surface area contributed by atoms with Gasteiger partial charge in [0.2, 0.25) is 0 Å². The minimum Gasteiger partial charge on any atom is -0.549 e. The van der Waals surface area contributed by atoms with Crippen molar-refractivity contribution in [3.63, 3.8) is 0 Å². The van der Waals surface area contributed by atoms with Crippen LogP contribution in [0.3, 0.4) is 0 Å². The number of Topliss-reactive ketones (excluding diaryl/α,β-unsaturated/α-hetero) is 2. The molecule has 2 N–H and O–H groups in total. The molecule has 0 bridgehead atoms. The Hall–Kier alpha value is -0.917. The Balaban J connectivity index is -0.0000000950. The first-order chi connectivity index (χ1) is 13.0. The van der Waals surface area contributed by atoms with E-state index in [4.69, 9.17) is 10.2 Å². The summed E-state index contributed by atoms with van der Waals surface area (Å²) < 4.78 is 0. The molecule has 170 valence electrons. The largest absolute Gasteiger partial charge is 2.00 e. The Bertz CT molecular complexity index is 343. The number of hydrogen-bond donors (Lipinski definition) is 2. The first kappa shape index (κ1) is 38.7. The summed E-state index contributed by atoms with van der Waals surface area (Å²) in [6.45, 7) is 10.7. The monoisotopic (exact) mass is 496 g/mol. The van der Waals surface area contributed by atoms with Gasteiger partial charge in [-0.05, 0) is 39.5 Å². The van der Waals surface area contributed by atoms with Gasteiger partial charge in [-0.2, -0.15) is 0 Å². The fraction of sp³-hybridized carbons (Fsp3) is 0.800. The molecule has 0 aromatic carbocycles. The fourth-order valence-electron chi connectivity index (χ4n) is 1.55. The van der Waals surface area contributed by atoms with Crippen LogP contribution in [-0.4, -0.2) is 46.9 Å². The molecule has 0 radical (unpaired) electrons. The summed E-state index contributed by atoms with van der Waals surface area (Å²) in [4.78, 5) is 41.5. The van der Waals surface area contributed by atoms with Crippen LogP contribution in [0.4, 0.5) is 0 Å². The third kappa shape index (κ3) is 32.0. The maximum Gasteiger partial charge on any atom is 2.00 e. The quantitative estimate of drug-likeness (QED) is 0.407. The zero-order valence-electron chi connectivity index (χ0n) is 18.7. The van der Waals surface area contributed by atoms with E-state index in [1.807, 2.05) is 27.7 Å². The molecule has 0 aromatic heterocycles. The molecule has 0 fully saturated rings. The number of aliphatic carboxylic acids is 2. The smallest absolute Gasteiger partial charge is 0.549 e. The van der Waals surface area contributed by atoms with Gasteiger partial charge in [0.15, 0.2) is 0 Å². The number of carboxylic acid groups (broad SMARTS) is 2. The van der Waals surface area contributed by atoms with E-state index in [0.717, 1.165) is 12.8 Å². The van der Waals surface area contributed by atoms with Gasteiger partial charge in [-0.25, -0.2) is 0 Å². The first-order valence-electron chi connectivity index (χ1n) is 9.66. The molecule has 0 aliphatic carbocycles. The molecule has 0 saturated carbocycles. The van der Waals surface area contributed by atoms with Crippen molar-refractivity contribution in [2.45, 2.75) is 80.1 Å². The summed E-state index contributed by atoms with van der Waals surface area (Å²) in [6, 6.07) is 0. The molecule has 0 amide bonds. The zero-order valence-corrected chi connectivity index (χ0v) is 21.1. The predicted octanol–water partition coefficient (Wildman–Crippen LogP) is 0.258. The van der Waals surface area contributed by atoms with E-state index in [0.29, 0.717) is 38.9 Å². The van der Waals surface area contributed by atoms with E-state index >= 15 is 0 Å². The second-order valence-electron chi connectivity index (χ2n) is 5.99. The minimum atomic E-state index is -1.26. The third-order valence-corrected chi connectivity index (χ3v) is 3.15. The van der Waals surface area contributed by atoms with E-state index in [-0.39, 0.29) is 37.8 Å². The molecule has 0 saturated heterocycles. The van der Waals surface area contributed by atoms with Gasteiger partial charge in [-0.15, -0.1) is 0 Å². The van der Waals surface area contributed by atoms with Gasteiger partial charge in [-0.3, -0.25) is 9.59 Å². The van der Waals surface area contributed by atoms with Gasteiger partial charge in [0.05, 0.1) is 23.8 Å². The van der Waals surface area contributed by atoms with E-state index in [9.17, 15) is 29.4 Å². The Morgan fingerprint density at radius 1 is 0.655 bits per heavy atom. The van der Waals surface area contributed by atoms with E-state index in [1.54, 1.807) is 0 Å². The van der Waals surface area contributed by atoms with Crippen LogP contribution in [0.2, 0.25) is 0 Å². The van der Waals surface area contributed by atoms with Crippen LogP contribution in [0.1, 0.15) is 80.1 Å². The molecule has 8 nitrogen and oxygen atoms in total. The van der Waals surface area contributed by atoms with Crippen molar-refractivity contribution in [3.05, 3.63) is 0 Å². The van der Waals surface area contributed by atoms with Crippen molar-refractivity contribution in [3.8, 4) is 0 Å². The second kappa shape index (κ2) is 29.3. The molecule has 0 heterocycles. The predicted molar refractivity (Wildman–Crippen MR) is 103 cm³/mol. The molecule has 2 unspecified atom stereocenters. The Labute approximate surface area is 194 Å². The first-order valence-corrected chi connectivity index (χ1v) is 9.66. The topological polar surface area (TPSA) is 155 Å². The van der Waals surface area contributed by atoms with Crippen LogP contribution < -0.4 is 10.2 Å². The van der Waals surface area contributed by atoms with Crippen molar-refractivity contribution in [2.24, 2.45) is 11.8 Å². The fourth-order valence-corrected chi connectivity index (χ4v) is 1.55. The van der Waals surface area contributed by atoms with Crippen LogP contribution in [-0.2, 0) is 45.4 Å². The maximum atomic E-state index is 10.6. The molecule has 0 spiro atoms. The van der Waals surface area contributed by atoms with Gasteiger partial charge in [0.1, 0.15) is 11.6 Å². The maximum absolute atomic E-state index is 10.6. The van der Waals surface area contributed by atoms with Gasteiger partial charge in [0, 0.05) is 13.2 Å². The molecular formula is C20H38O8Zr. The van der Waals surface area contributed by atoms with E-state index in [2.05, 4.69) is 0 Å². The number of carbonyl (C=O) groups is 4. The van der Waals surface area contributed by atoms with Gasteiger partial charge in [0.25, 0.3) is 0 Å². The van der Waals surface area contributed by atoms with Crippen molar-refractivity contribution >= 4 is 23.5 Å². The summed E-state index contributed by atoms with van der Waals surface area (Å²) in [6.07, 6.45) is 3.91. The van der Waals surface area contributed by atoms with Crippen LogP contribution in [0.5, 0.6) is 0 Å². The van der Waals surface area contributed by atoms with Gasteiger partial charge in [-0.1, -0.05) is 40.5 Å². The van der Waals surface area contributed by atoms with Crippen LogP contribution in [0.25, 0.3) is 0 Å². The minimum absolute atomic E-state index is 0. The number of rotatable bonds is 10. The van der Waals surface area contributed by atoms with Crippen LogP contribution in [0, 0.1) is 11.8 Å². The molecule has 0 rings (SSSR count). The molecule has 0 aromatic rings. The number of aliphatic hydroxyl groups is 2. The molecule has 0 aliphatic heterocycles. The normalized spacial score (nSPS) is 10.8. The summed E-state index contributed by atoms with van der Waals surface area (Å²) >= 11 is 0. The van der Waals surface area contributed by atoms with Crippen LogP contribution >= 0.6 is 0 Å². The molecule has 2 atom stereocenters. The molecule has 0 aliphatic rings. The zero-order chi connectivity index (χ0) is 23.1. The number of aliphatic hydroxyl groups excluding tert-OH is 2. The van der Waals surface area contributed by atoms with E-state index < -0.39 is 23.8 Å². The van der Waals surface area contributed by atoms with Crippen molar-refractivity contribution in [2.75, 3.05) is 13.2 Å². The van der Waals surface area contributed by atoms with Crippen molar-refractivity contribution < 1.29 is 65.8 Å². The number of carboxylic acids is 2. The Morgan fingerprint density at radius 2 is 0.862 bits per heavy atom. The summed E-state index contributed by atoms with van der Waals surface area (Å²) in [7, 11) is 0. The van der Waals surface area contributed by atoms with Crippen LogP contribution in [0.15, 0.2) is 0 Å². The Morgan fingerprint density at radius 3 is 0.897 bits per heavy atom. The number of hydrogen-bond acceptors (Lipinski definition) is 8. The van der Waals surface area contributed by atoms with Gasteiger partial charge < -0.3 is 30.0 Å². The molecular weight excluding hydrogens is 459 g/mol. The average Bonchev–Trinajstić information content (AvgIpc) is 2.63. The number of carbonyl (C=O) groups excluding carboxylic acids is 4. The summed E-state index contributed by atoms with van der Waals surface area (Å²) in [5.74, 6) is -4.94. The second-order valence-corrected chi connectivity index (χ2v) is 5.99. The SMILES string of the molecule is CCCC(C(C)=O)C(=O)[O-].CCCC(C(C)=O)C(=O)[O-].CCCO.CCCO.[Zr+2].